The molecule has 0 aliphatic rings. The van der Waals surface area contributed by atoms with Crippen molar-refractivity contribution in [2.75, 3.05) is 5.32 Å². The Morgan fingerprint density at radius 3 is 2.72 bits per heavy atom. The summed E-state index contributed by atoms with van der Waals surface area (Å²) in [6.45, 7) is 0. The van der Waals surface area contributed by atoms with E-state index in [0.717, 1.165) is 28.8 Å². The fourth-order valence-electron chi connectivity index (χ4n) is 2.18. The number of nitrogens with zero attached hydrogens (tertiary/aromatic N) is 2. The van der Waals surface area contributed by atoms with Crippen LogP contribution in [0.2, 0.25) is 0 Å². The summed E-state index contributed by atoms with van der Waals surface area (Å²) in [6.07, 6.45) is -0.0501. The lowest BCUT2D eigenvalue weighted by atomic mass is 10.2. The Labute approximate surface area is 146 Å². The smallest absolute Gasteiger partial charge is 0.271 e. The molecule has 8 heteroatoms. The summed E-state index contributed by atoms with van der Waals surface area (Å²) in [6, 6.07) is 12.5. The van der Waals surface area contributed by atoms with Crippen LogP contribution >= 0.6 is 11.3 Å². The van der Waals surface area contributed by atoms with Gasteiger partial charge in [0.05, 0.1) is 22.7 Å². The van der Waals surface area contributed by atoms with E-state index in [1.54, 1.807) is 5.38 Å². The molecule has 1 aromatic heterocycles. The zero-order chi connectivity index (χ0) is 17.8. The highest BCUT2D eigenvalue weighted by atomic mass is 32.1. The van der Waals surface area contributed by atoms with Gasteiger partial charge in [0.25, 0.3) is 5.69 Å². The van der Waals surface area contributed by atoms with Crippen LogP contribution in [0.5, 0.6) is 0 Å². The van der Waals surface area contributed by atoms with E-state index in [0.29, 0.717) is 5.69 Å². The van der Waals surface area contributed by atoms with Crippen molar-refractivity contribution in [1.82, 2.24) is 4.98 Å². The average molecular weight is 357 g/mol. The second kappa shape index (κ2) is 7.18. The lowest BCUT2D eigenvalue weighted by Crippen LogP contribution is -2.15. The number of carbonyl (C=O) groups is 1. The third-order valence-electron chi connectivity index (χ3n) is 3.35. The average Bonchev–Trinajstić information content (AvgIpc) is 3.06. The lowest BCUT2D eigenvalue weighted by molar-refractivity contribution is -0.384. The molecule has 0 fully saturated rings. The van der Waals surface area contributed by atoms with Crippen LogP contribution in [0.25, 0.3) is 10.6 Å². The van der Waals surface area contributed by atoms with Crippen molar-refractivity contribution in [2.24, 2.45) is 0 Å². The van der Waals surface area contributed by atoms with E-state index in [4.69, 9.17) is 0 Å². The standard InChI is InChI=1S/C17H12FN3O3S/c18-14-7-6-13(21(23)24)9-15(14)20-16(22)8-12-10-25-17(19-12)11-4-2-1-3-5-11/h1-7,9-10H,8H2,(H,20,22). The fraction of sp³-hybridized carbons (Fsp3) is 0.0588. The lowest BCUT2D eigenvalue weighted by Gasteiger charge is -2.05. The molecule has 126 valence electrons. The van der Waals surface area contributed by atoms with E-state index >= 15 is 0 Å². The van der Waals surface area contributed by atoms with Crippen LogP contribution in [0.15, 0.2) is 53.9 Å². The molecule has 6 nitrogen and oxygen atoms in total. The largest absolute Gasteiger partial charge is 0.323 e. The summed E-state index contributed by atoms with van der Waals surface area (Å²) >= 11 is 1.41. The van der Waals surface area contributed by atoms with Crippen LogP contribution in [0.1, 0.15) is 5.69 Å². The number of hydrogen-bond acceptors (Lipinski definition) is 5. The SMILES string of the molecule is O=C(Cc1csc(-c2ccccc2)n1)Nc1cc([N+](=O)[O-])ccc1F. The first kappa shape index (κ1) is 16.7. The monoisotopic (exact) mass is 357 g/mol. The molecule has 0 aliphatic heterocycles. The minimum absolute atomic E-state index is 0.0501. The van der Waals surface area contributed by atoms with Crippen molar-refractivity contribution < 1.29 is 14.1 Å². The van der Waals surface area contributed by atoms with Gasteiger partial charge in [0.15, 0.2) is 0 Å². The third kappa shape index (κ3) is 4.04. The Morgan fingerprint density at radius 2 is 2.00 bits per heavy atom. The molecule has 0 spiro atoms. The molecule has 0 bridgehead atoms. The van der Waals surface area contributed by atoms with Gasteiger partial charge in [-0.3, -0.25) is 14.9 Å². The number of rotatable bonds is 5. The van der Waals surface area contributed by atoms with Crippen molar-refractivity contribution >= 4 is 28.6 Å². The molecule has 3 aromatic rings. The summed E-state index contributed by atoms with van der Waals surface area (Å²) in [5, 5.41) is 15.6. The number of carbonyl (C=O) groups excluding carboxylic acids is 1. The molecule has 3 rings (SSSR count). The number of halogens is 1. The highest BCUT2D eigenvalue weighted by Crippen LogP contribution is 2.24. The Balaban J connectivity index is 1.70. The maximum absolute atomic E-state index is 13.7. The van der Waals surface area contributed by atoms with Crippen LogP contribution in [0, 0.1) is 15.9 Å². The van der Waals surface area contributed by atoms with E-state index < -0.39 is 16.6 Å². The van der Waals surface area contributed by atoms with E-state index in [2.05, 4.69) is 10.3 Å². The van der Waals surface area contributed by atoms with Crippen molar-refractivity contribution in [2.45, 2.75) is 6.42 Å². The zero-order valence-electron chi connectivity index (χ0n) is 12.8. The van der Waals surface area contributed by atoms with Gasteiger partial charge in [0.1, 0.15) is 10.8 Å². The highest BCUT2D eigenvalue weighted by Gasteiger charge is 2.14. The summed E-state index contributed by atoms with van der Waals surface area (Å²) < 4.78 is 13.7. The molecule has 0 unspecified atom stereocenters. The van der Waals surface area contributed by atoms with Crippen LogP contribution in [-0.4, -0.2) is 15.8 Å². The van der Waals surface area contributed by atoms with Crippen molar-refractivity contribution in [1.29, 1.82) is 0 Å². The Bertz CT molecular complexity index is 928. The fourth-order valence-corrected chi connectivity index (χ4v) is 3.01. The number of anilines is 1. The summed E-state index contributed by atoms with van der Waals surface area (Å²) in [5.41, 5.74) is 0.977. The quantitative estimate of drug-likeness (QED) is 0.552. The maximum atomic E-state index is 13.7. The number of benzene rings is 2. The molecule has 0 atom stereocenters. The molecule has 1 N–H and O–H groups in total. The third-order valence-corrected chi connectivity index (χ3v) is 4.29. The Kier molecular flexibility index (Phi) is 4.80. The molecule has 0 saturated heterocycles. The molecular weight excluding hydrogens is 345 g/mol. The first-order valence-corrected chi connectivity index (χ1v) is 8.14. The zero-order valence-corrected chi connectivity index (χ0v) is 13.6. The second-order valence-corrected chi connectivity index (χ2v) is 6.01. The molecule has 0 radical (unpaired) electrons. The van der Waals surface area contributed by atoms with E-state index in [1.807, 2.05) is 30.3 Å². The highest BCUT2D eigenvalue weighted by molar-refractivity contribution is 7.13. The van der Waals surface area contributed by atoms with Gasteiger partial charge >= 0.3 is 0 Å². The number of thiazole rings is 1. The molecule has 25 heavy (non-hydrogen) atoms. The summed E-state index contributed by atoms with van der Waals surface area (Å²) in [7, 11) is 0. The molecular formula is C17H12FN3O3S. The summed E-state index contributed by atoms with van der Waals surface area (Å²) in [5.74, 6) is -1.23. The molecule has 0 aliphatic carbocycles. The Morgan fingerprint density at radius 1 is 1.24 bits per heavy atom. The molecule has 1 amide bonds. The van der Waals surface area contributed by atoms with Gasteiger partial charge in [0, 0.05) is 23.1 Å². The van der Waals surface area contributed by atoms with Crippen molar-refractivity contribution in [3.63, 3.8) is 0 Å². The maximum Gasteiger partial charge on any atom is 0.271 e. The first-order valence-electron chi connectivity index (χ1n) is 7.26. The minimum Gasteiger partial charge on any atom is -0.323 e. The van der Waals surface area contributed by atoms with E-state index in [9.17, 15) is 19.3 Å². The van der Waals surface area contributed by atoms with Crippen LogP contribution in [0.3, 0.4) is 0 Å². The van der Waals surface area contributed by atoms with Crippen LogP contribution in [0.4, 0.5) is 15.8 Å². The molecule has 0 saturated carbocycles. The normalized spacial score (nSPS) is 10.4. The predicted molar refractivity (Wildman–Crippen MR) is 92.9 cm³/mol. The van der Waals surface area contributed by atoms with Crippen LogP contribution in [-0.2, 0) is 11.2 Å². The van der Waals surface area contributed by atoms with Gasteiger partial charge in [-0.05, 0) is 6.07 Å². The number of nitro benzene ring substituents is 1. The van der Waals surface area contributed by atoms with Crippen LogP contribution < -0.4 is 5.32 Å². The predicted octanol–water partition coefficient (Wildman–Crippen LogP) is 4.04. The topological polar surface area (TPSA) is 85.1 Å². The molecule has 1 heterocycles. The van der Waals surface area contributed by atoms with Gasteiger partial charge in [-0.2, -0.15) is 0 Å². The van der Waals surface area contributed by atoms with Gasteiger partial charge in [-0.25, -0.2) is 9.37 Å². The second-order valence-electron chi connectivity index (χ2n) is 5.16. The number of nitrogens with one attached hydrogen (secondary N) is 1. The number of nitro groups is 1. The number of amides is 1. The Hall–Kier alpha value is -3.13. The van der Waals surface area contributed by atoms with Crippen molar-refractivity contribution in [3.05, 3.63) is 75.5 Å². The van der Waals surface area contributed by atoms with Gasteiger partial charge in [-0.15, -0.1) is 11.3 Å². The first-order chi connectivity index (χ1) is 12.0. The van der Waals surface area contributed by atoms with Gasteiger partial charge in [-0.1, -0.05) is 30.3 Å². The van der Waals surface area contributed by atoms with Gasteiger partial charge in [0.2, 0.25) is 5.91 Å². The summed E-state index contributed by atoms with van der Waals surface area (Å²) in [4.78, 5) is 26.6. The number of hydrogen-bond donors (Lipinski definition) is 1. The van der Waals surface area contributed by atoms with Gasteiger partial charge < -0.3 is 5.32 Å². The van der Waals surface area contributed by atoms with E-state index in [-0.39, 0.29) is 17.8 Å². The minimum atomic E-state index is -0.734. The number of aromatic nitrogens is 1. The van der Waals surface area contributed by atoms with E-state index in [1.165, 1.54) is 11.3 Å². The number of non-ortho nitro benzene ring substituents is 1. The molecule has 2 aromatic carbocycles. The van der Waals surface area contributed by atoms with Crippen molar-refractivity contribution in [3.8, 4) is 10.6 Å².